The van der Waals surface area contributed by atoms with Gasteiger partial charge in [0.05, 0.1) is 51.7 Å². The molecule has 2 aromatic carbocycles. The third kappa shape index (κ3) is 5.00. The van der Waals surface area contributed by atoms with Gasteiger partial charge in [-0.05, 0) is 78.2 Å². The molecule has 2 heterocycles. The number of methoxy groups -OCH3 is 1. The van der Waals surface area contributed by atoms with Crippen LogP contribution < -0.4 is 24.4 Å². The molecule has 4 rings (SSSR count). The largest absolute Gasteiger partial charge is 0.496 e. The molecule has 7 nitrogen and oxygen atoms in total. The SMILES string of the molecule is CCOC(=O)C1=C(C)N=c2s/c(=C\c3ccc(OCC)c(Cl)c3)c(=O)n2[C@H]1c1ccc(OC)c(Br)c1. The highest BCUT2D eigenvalue weighted by atomic mass is 79.9. The van der Waals surface area contributed by atoms with E-state index in [1.807, 2.05) is 25.1 Å². The van der Waals surface area contributed by atoms with E-state index in [4.69, 9.17) is 25.8 Å². The average molecular weight is 592 g/mol. The summed E-state index contributed by atoms with van der Waals surface area (Å²) in [6.07, 6.45) is 1.76. The quantitative estimate of drug-likeness (QED) is 0.375. The molecular formula is C26H24BrClN2O5S. The first-order valence-electron chi connectivity index (χ1n) is 11.2. The molecule has 1 aliphatic rings. The number of thiazole rings is 1. The number of hydrogen-bond acceptors (Lipinski definition) is 7. The van der Waals surface area contributed by atoms with Crippen LogP contribution in [0.4, 0.5) is 0 Å². The fraction of sp³-hybridized carbons (Fsp3) is 0.269. The van der Waals surface area contributed by atoms with Crippen molar-refractivity contribution in [2.24, 2.45) is 4.99 Å². The molecule has 0 bridgehead atoms. The van der Waals surface area contributed by atoms with Crippen molar-refractivity contribution in [3.05, 3.63) is 88.0 Å². The Morgan fingerprint density at radius 3 is 2.58 bits per heavy atom. The molecule has 0 spiro atoms. The molecule has 1 aromatic heterocycles. The van der Waals surface area contributed by atoms with Crippen molar-refractivity contribution in [1.82, 2.24) is 4.57 Å². The van der Waals surface area contributed by atoms with Crippen molar-refractivity contribution in [2.45, 2.75) is 26.8 Å². The van der Waals surface area contributed by atoms with Crippen molar-refractivity contribution < 1.29 is 19.0 Å². The summed E-state index contributed by atoms with van der Waals surface area (Å²) in [5.74, 6) is 0.706. The van der Waals surface area contributed by atoms with Crippen LogP contribution >= 0.6 is 38.9 Å². The molecule has 0 fully saturated rings. The highest BCUT2D eigenvalue weighted by molar-refractivity contribution is 9.10. The normalized spacial score (nSPS) is 15.4. The topological polar surface area (TPSA) is 79.1 Å². The van der Waals surface area contributed by atoms with Gasteiger partial charge in [0.1, 0.15) is 11.5 Å². The van der Waals surface area contributed by atoms with Gasteiger partial charge in [-0.1, -0.05) is 35.1 Å². The number of nitrogens with zero attached hydrogens (tertiary/aromatic N) is 2. The van der Waals surface area contributed by atoms with Gasteiger partial charge in [0.2, 0.25) is 0 Å². The van der Waals surface area contributed by atoms with Gasteiger partial charge in [0, 0.05) is 0 Å². The third-order valence-corrected chi connectivity index (χ3v) is 7.46. The third-order valence-electron chi connectivity index (χ3n) is 5.56. The number of benzene rings is 2. The maximum absolute atomic E-state index is 13.7. The van der Waals surface area contributed by atoms with Crippen molar-refractivity contribution in [1.29, 1.82) is 0 Å². The summed E-state index contributed by atoms with van der Waals surface area (Å²) in [5.41, 5.74) is 2.02. The molecule has 0 aliphatic carbocycles. The lowest BCUT2D eigenvalue weighted by molar-refractivity contribution is -0.139. The zero-order chi connectivity index (χ0) is 26.0. The van der Waals surface area contributed by atoms with Crippen molar-refractivity contribution >= 4 is 50.9 Å². The van der Waals surface area contributed by atoms with Gasteiger partial charge in [-0.15, -0.1) is 0 Å². The first kappa shape index (κ1) is 26.2. The number of allylic oxidation sites excluding steroid dienone is 1. The predicted octanol–water partition coefficient (Wildman–Crippen LogP) is 4.62. The van der Waals surface area contributed by atoms with E-state index in [9.17, 15) is 9.59 Å². The van der Waals surface area contributed by atoms with Crippen LogP contribution in [0.25, 0.3) is 6.08 Å². The van der Waals surface area contributed by atoms with E-state index >= 15 is 0 Å². The summed E-state index contributed by atoms with van der Waals surface area (Å²) >= 11 is 11.1. The Balaban J connectivity index is 1.91. The van der Waals surface area contributed by atoms with Crippen LogP contribution in [0.15, 0.2) is 61.9 Å². The Morgan fingerprint density at radius 1 is 1.19 bits per heavy atom. The van der Waals surface area contributed by atoms with E-state index in [0.29, 0.717) is 48.2 Å². The zero-order valence-corrected chi connectivity index (χ0v) is 23.3. The summed E-state index contributed by atoms with van der Waals surface area (Å²) in [4.78, 5) is 31.8. The molecule has 0 unspecified atom stereocenters. The smallest absolute Gasteiger partial charge is 0.338 e. The van der Waals surface area contributed by atoms with Crippen LogP contribution in [0.1, 0.15) is 37.9 Å². The summed E-state index contributed by atoms with van der Waals surface area (Å²) in [5, 5.41) is 0.458. The highest BCUT2D eigenvalue weighted by Gasteiger charge is 2.33. The summed E-state index contributed by atoms with van der Waals surface area (Å²) < 4.78 is 18.9. The fourth-order valence-corrected chi connectivity index (χ4v) is 5.84. The number of ether oxygens (including phenoxy) is 3. The second-order valence-electron chi connectivity index (χ2n) is 7.82. The maximum Gasteiger partial charge on any atom is 0.338 e. The second-order valence-corrected chi connectivity index (χ2v) is 10.1. The number of halogens is 2. The summed E-state index contributed by atoms with van der Waals surface area (Å²) in [6.45, 7) is 6.08. The Labute approximate surface area is 225 Å². The molecule has 10 heteroatoms. The Hall–Kier alpha value is -2.88. The van der Waals surface area contributed by atoms with E-state index in [2.05, 4.69) is 20.9 Å². The molecule has 0 radical (unpaired) electrons. The lowest BCUT2D eigenvalue weighted by Crippen LogP contribution is -2.39. The molecule has 1 aliphatic heterocycles. The lowest BCUT2D eigenvalue weighted by Gasteiger charge is -2.25. The maximum atomic E-state index is 13.7. The molecule has 0 amide bonds. The summed E-state index contributed by atoms with van der Waals surface area (Å²) in [6, 6.07) is 10.1. The van der Waals surface area contributed by atoms with Crippen LogP contribution in [0.5, 0.6) is 11.5 Å². The first-order valence-corrected chi connectivity index (χ1v) is 13.2. The molecule has 36 heavy (non-hydrogen) atoms. The number of carbonyl (C=O) groups excluding carboxylic acids is 1. The second kappa shape index (κ2) is 11.0. The fourth-order valence-electron chi connectivity index (χ4n) is 3.99. The molecule has 1 atom stereocenters. The minimum atomic E-state index is -0.714. The monoisotopic (exact) mass is 590 g/mol. The number of hydrogen-bond donors (Lipinski definition) is 0. The van der Waals surface area contributed by atoms with Gasteiger partial charge in [0.25, 0.3) is 5.56 Å². The molecule has 3 aromatic rings. The number of rotatable bonds is 7. The van der Waals surface area contributed by atoms with E-state index in [1.54, 1.807) is 49.8 Å². The number of aromatic nitrogens is 1. The van der Waals surface area contributed by atoms with Gasteiger partial charge < -0.3 is 14.2 Å². The highest BCUT2D eigenvalue weighted by Crippen LogP contribution is 2.35. The van der Waals surface area contributed by atoms with Gasteiger partial charge >= 0.3 is 5.97 Å². The lowest BCUT2D eigenvalue weighted by atomic mass is 9.96. The zero-order valence-electron chi connectivity index (χ0n) is 20.1. The Kier molecular flexibility index (Phi) is 8.02. The molecule has 0 saturated carbocycles. The molecule has 0 saturated heterocycles. The van der Waals surface area contributed by atoms with Crippen LogP contribution in [-0.2, 0) is 9.53 Å². The van der Waals surface area contributed by atoms with Gasteiger partial charge in [0.15, 0.2) is 4.80 Å². The van der Waals surface area contributed by atoms with Crippen LogP contribution in [0.3, 0.4) is 0 Å². The van der Waals surface area contributed by atoms with E-state index in [-0.39, 0.29) is 12.2 Å². The number of esters is 1. The van der Waals surface area contributed by atoms with Crippen LogP contribution in [-0.4, -0.2) is 30.9 Å². The van der Waals surface area contributed by atoms with Gasteiger partial charge in [-0.3, -0.25) is 9.36 Å². The van der Waals surface area contributed by atoms with Crippen molar-refractivity contribution in [3.8, 4) is 11.5 Å². The first-order chi connectivity index (χ1) is 17.3. The van der Waals surface area contributed by atoms with Crippen LogP contribution in [0, 0.1) is 0 Å². The number of fused-ring (bicyclic) bond motifs is 1. The minimum Gasteiger partial charge on any atom is -0.496 e. The van der Waals surface area contributed by atoms with E-state index in [1.165, 1.54) is 11.3 Å². The van der Waals surface area contributed by atoms with Crippen molar-refractivity contribution in [2.75, 3.05) is 20.3 Å². The molecule has 0 N–H and O–H groups in total. The minimum absolute atomic E-state index is 0.206. The molecular weight excluding hydrogens is 568 g/mol. The Bertz CT molecular complexity index is 1540. The summed E-state index contributed by atoms with van der Waals surface area (Å²) in [7, 11) is 1.57. The van der Waals surface area contributed by atoms with E-state index in [0.717, 1.165) is 11.1 Å². The van der Waals surface area contributed by atoms with Crippen molar-refractivity contribution in [3.63, 3.8) is 0 Å². The van der Waals surface area contributed by atoms with E-state index < -0.39 is 12.0 Å². The van der Waals surface area contributed by atoms with Gasteiger partial charge in [-0.25, -0.2) is 9.79 Å². The van der Waals surface area contributed by atoms with Gasteiger partial charge in [-0.2, -0.15) is 0 Å². The average Bonchev–Trinajstić information content (AvgIpc) is 3.14. The standard InChI is InChI=1S/C26H24BrClN2O5S/c1-5-34-20-9-7-15(11-18(20)28)12-21-24(31)30-23(16-8-10-19(33-4)17(27)13-16)22(25(32)35-6-2)14(3)29-26(30)36-21/h7-13,23H,5-6H2,1-4H3/b21-12-/t23-/m0/s1. The Morgan fingerprint density at radius 2 is 1.94 bits per heavy atom. The molecule has 188 valence electrons. The van der Waals surface area contributed by atoms with Crippen LogP contribution in [0.2, 0.25) is 5.02 Å². The predicted molar refractivity (Wildman–Crippen MR) is 144 cm³/mol. The number of carbonyl (C=O) groups is 1.